The monoisotopic (exact) mass is 640 g/mol. The van der Waals surface area contributed by atoms with Crippen molar-refractivity contribution in [3.8, 4) is 0 Å². The first-order chi connectivity index (χ1) is 21.7. The van der Waals surface area contributed by atoms with Gasteiger partial charge in [-0.1, -0.05) is 188 Å². The molecule has 0 aromatic rings. The summed E-state index contributed by atoms with van der Waals surface area (Å²) in [6, 6.07) is 0. The summed E-state index contributed by atoms with van der Waals surface area (Å²) < 4.78 is 6.72. The van der Waals surface area contributed by atoms with Gasteiger partial charge in [0.15, 0.2) is 5.85 Å². The van der Waals surface area contributed by atoms with Crippen molar-refractivity contribution in [1.82, 2.24) is 0 Å². The summed E-state index contributed by atoms with van der Waals surface area (Å²) >= 11 is 0. The van der Waals surface area contributed by atoms with Gasteiger partial charge in [0.2, 0.25) is 0 Å². The van der Waals surface area contributed by atoms with Crippen LogP contribution in [0.15, 0.2) is 0 Å². The van der Waals surface area contributed by atoms with E-state index in [1.54, 1.807) is 0 Å². The van der Waals surface area contributed by atoms with Crippen molar-refractivity contribution in [2.75, 3.05) is 25.1 Å². The van der Waals surface area contributed by atoms with Gasteiger partial charge in [-0.2, -0.15) is 0 Å². The van der Waals surface area contributed by atoms with Crippen molar-refractivity contribution in [3.05, 3.63) is 0 Å². The molecule has 0 aliphatic carbocycles. The molecule has 1 atom stereocenters. The van der Waals surface area contributed by atoms with Gasteiger partial charge in [0, 0.05) is 7.26 Å². The molecule has 0 amide bonds. The smallest absolute Gasteiger partial charge is 0.164 e. The Kier molecular flexibility index (Phi) is 36.6. The third-order valence-corrected chi connectivity index (χ3v) is 15.8. The molecule has 0 bridgehead atoms. The Morgan fingerprint density at radius 1 is 0.318 bits per heavy atom. The average molecular weight is 640 g/mol. The lowest BCUT2D eigenvalue weighted by Crippen LogP contribution is -2.23. The fraction of sp³-hybridized carbons (Fsp3) is 1.00. The van der Waals surface area contributed by atoms with Crippen LogP contribution in [0, 0.1) is 0 Å². The van der Waals surface area contributed by atoms with Gasteiger partial charge in [0.25, 0.3) is 0 Å². The fourth-order valence-electron chi connectivity index (χ4n) is 7.18. The molecule has 0 aliphatic heterocycles. The van der Waals surface area contributed by atoms with E-state index in [4.69, 9.17) is 4.74 Å². The molecule has 0 saturated carbocycles. The first-order valence-electron chi connectivity index (χ1n) is 21.1. The molecule has 44 heavy (non-hydrogen) atoms. The van der Waals surface area contributed by atoms with E-state index < -0.39 is 7.26 Å². The molecule has 2 heteroatoms. The van der Waals surface area contributed by atoms with Gasteiger partial charge in [-0.3, -0.25) is 0 Å². The normalized spacial score (nSPS) is 12.8. The first kappa shape index (κ1) is 44.4. The van der Waals surface area contributed by atoms with Crippen molar-refractivity contribution in [3.63, 3.8) is 0 Å². The molecule has 0 spiro atoms. The van der Waals surface area contributed by atoms with Crippen LogP contribution in [-0.4, -0.2) is 30.9 Å². The van der Waals surface area contributed by atoms with E-state index in [-0.39, 0.29) is 0 Å². The lowest BCUT2D eigenvalue weighted by molar-refractivity contribution is 0.114. The van der Waals surface area contributed by atoms with Crippen molar-refractivity contribution in [1.29, 1.82) is 0 Å². The minimum Gasteiger partial charge on any atom is -0.344 e. The van der Waals surface area contributed by atoms with Gasteiger partial charge in [-0.25, -0.2) is 0 Å². The maximum absolute atomic E-state index is 6.72. The summed E-state index contributed by atoms with van der Waals surface area (Å²) in [5.74, 6) is 0.532. The quantitative estimate of drug-likeness (QED) is 0.0482. The molecular formula is C42H88OP+. The lowest BCUT2D eigenvalue weighted by atomic mass is 10.1. The van der Waals surface area contributed by atoms with Crippen LogP contribution in [0.5, 0.6) is 0 Å². The van der Waals surface area contributed by atoms with E-state index in [0.717, 1.165) is 6.61 Å². The molecule has 266 valence electrons. The van der Waals surface area contributed by atoms with Crippen molar-refractivity contribution in [2.45, 2.75) is 246 Å². The van der Waals surface area contributed by atoms with Gasteiger partial charge in [0.05, 0.1) is 25.1 Å². The Morgan fingerprint density at radius 2 is 0.545 bits per heavy atom. The summed E-state index contributed by atoms with van der Waals surface area (Å²) in [4.78, 5) is 0. The Morgan fingerprint density at radius 3 is 0.795 bits per heavy atom. The molecule has 1 unspecified atom stereocenters. The molecule has 0 radical (unpaired) electrons. The van der Waals surface area contributed by atoms with Crippen LogP contribution in [-0.2, 0) is 4.74 Å². The molecule has 0 rings (SSSR count). The van der Waals surface area contributed by atoms with Gasteiger partial charge < -0.3 is 4.74 Å². The van der Waals surface area contributed by atoms with Gasteiger partial charge in [-0.05, 0) is 51.9 Å². The second kappa shape index (κ2) is 36.2. The second-order valence-electron chi connectivity index (χ2n) is 14.8. The van der Waals surface area contributed by atoms with Gasteiger partial charge in [-0.15, -0.1) is 0 Å². The zero-order valence-electron chi connectivity index (χ0n) is 31.9. The highest BCUT2D eigenvalue weighted by atomic mass is 31.2. The van der Waals surface area contributed by atoms with E-state index in [1.807, 2.05) is 0 Å². The highest BCUT2D eigenvalue weighted by molar-refractivity contribution is 7.76. The van der Waals surface area contributed by atoms with Crippen molar-refractivity contribution in [2.24, 2.45) is 0 Å². The minimum absolute atomic E-state index is 0.532. The summed E-state index contributed by atoms with van der Waals surface area (Å²) in [5, 5.41) is 0. The number of hydrogen-bond acceptors (Lipinski definition) is 1. The molecule has 0 saturated heterocycles. The molecule has 0 aliphatic rings. The van der Waals surface area contributed by atoms with Crippen LogP contribution >= 0.6 is 7.26 Å². The third kappa shape index (κ3) is 28.6. The Balaban J connectivity index is 4.83. The van der Waals surface area contributed by atoms with E-state index in [9.17, 15) is 0 Å². The maximum Gasteiger partial charge on any atom is 0.164 e. The van der Waals surface area contributed by atoms with Crippen LogP contribution < -0.4 is 0 Å². The number of rotatable bonds is 38. The van der Waals surface area contributed by atoms with E-state index in [0.29, 0.717) is 5.85 Å². The van der Waals surface area contributed by atoms with Gasteiger partial charge >= 0.3 is 0 Å². The second-order valence-corrected chi connectivity index (χ2v) is 19.3. The van der Waals surface area contributed by atoms with Crippen LogP contribution in [0.2, 0.25) is 0 Å². The Labute approximate surface area is 282 Å². The maximum atomic E-state index is 6.72. The first-order valence-corrected chi connectivity index (χ1v) is 23.6. The Bertz CT molecular complexity index is 460. The highest BCUT2D eigenvalue weighted by Crippen LogP contribution is 2.65. The number of ether oxygens (including phenoxy) is 1. The molecule has 0 aromatic heterocycles. The molecule has 0 N–H and O–H groups in total. The molecule has 1 nitrogen and oxygen atoms in total. The van der Waals surface area contributed by atoms with E-state index >= 15 is 0 Å². The summed E-state index contributed by atoms with van der Waals surface area (Å²) in [5.41, 5.74) is 0. The van der Waals surface area contributed by atoms with E-state index in [2.05, 4.69) is 34.6 Å². The highest BCUT2D eigenvalue weighted by Gasteiger charge is 2.42. The SMILES string of the molecule is CCCCCCCCCCCC[P+](CCCCCCCCCCCC)(CCCCCCCCCCCC)C(C)OCCCC. The van der Waals surface area contributed by atoms with E-state index in [1.165, 1.54) is 224 Å². The number of unbranched alkanes of at least 4 members (excludes halogenated alkanes) is 28. The molecular weight excluding hydrogens is 551 g/mol. The average Bonchev–Trinajstić information content (AvgIpc) is 3.03. The summed E-state index contributed by atoms with van der Waals surface area (Å²) in [6.45, 7) is 12.8. The third-order valence-electron chi connectivity index (χ3n) is 10.5. The zero-order chi connectivity index (χ0) is 32.2. The van der Waals surface area contributed by atoms with Crippen LogP contribution in [0.3, 0.4) is 0 Å². The predicted octanol–water partition coefficient (Wildman–Crippen LogP) is 15.9. The topological polar surface area (TPSA) is 9.23 Å². The van der Waals surface area contributed by atoms with Crippen molar-refractivity contribution >= 4 is 7.26 Å². The minimum atomic E-state index is -1.07. The predicted molar refractivity (Wildman–Crippen MR) is 207 cm³/mol. The molecule has 0 aromatic carbocycles. The largest absolute Gasteiger partial charge is 0.344 e. The fourth-order valence-corrected chi connectivity index (χ4v) is 11.9. The number of hydrogen-bond donors (Lipinski definition) is 0. The summed E-state index contributed by atoms with van der Waals surface area (Å²) in [6.07, 6.45) is 50.7. The van der Waals surface area contributed by atoms with Crippen LogP contribution in [0.25, 0.3) is 0 Å². The molecule has 0 fully saturated rings. The summed E-state index contributed by atoms with van der Waals surface area (Å²) in [7, 11) is -1.07. The zero-order valence-corrected chi connectivity index (χ0v) is 32.8. The lowest BCUT2D eigenvalue weighted by Gasteiger charge is -2.33. The van der Waals surface area contributed by atoms with Crippen LogP contribution in [0.4, 0.5) is 0 Å². The molecule has 0 heterocycles. The standard InChI is InChI=1S/C42H88OP/c1-6-10-14-17-20-23-26-29-32-35-39-44(42(5)43-38-13-9-4,40-36-33-30-27-24-21-18-15-11-7-2)41-37-34-31-28-25-22-19-16-12-8-3/h42H,6-41H2,1-5H3/q+1. The van der Waals surface area contributed by atoms with Crippen molar-refractivity contribution < 1.29 is 4.74 Å². The van der Waals surface area contributed by atoms with Gasteiger partial charge in [0.1, 0.15) is 0 Å². The van der Waals surface area contributed by atoms with Crippen LogP contribution in [0.1, 0.15) is 240 Å². The Hall–Kier alpha value is 0.390.